The number of thiophene rings is 1. The van der Waals surface area contributed by atoms with Gasteiger partial charge in [-0.1, -0.05) is 24.8 Å². The molecule has 6 nitrogen and oxygen atoms in total. The van der Waals surface area contributed by atoms with Crippen LogP contribution in [-0.2, 0) is 24.2 Å². The van der Waals surface area contributed by atoms with Crippen LogP contribution in [0.1, 0.15) is 36.3 Å². The Morgan fingerprint density at radius 2 is 2.30 bits per heavy atom. The number of thioether (sulfide) groups is 1. The lowest BCUT2D eigenvalue weighted by atomic mass is 9.89. The molecule has 30 heavy (non-hydrogen) atoms. The monoisotopic (exact) mass is 438 g/mol. The summed E-state index contributed by atoms with van der Waals surface area (Å²) >= 11 is 2.89. The van der Waals surface area contributed by atoms with Gasteiger partial charge in [-0.15, -0.1) is 11.3 Å². The van der Waals surface area contributed by atoms with Gasteiger partial charge in [0.15, 0.2) is 5.16 Å². The minimum absolute atomic E-state index is 0.000757. The third-order valence-electron chi connectivity index (χ3n) is 5.30. The highest BCUT2D eigenvalue weighted by Gasteiger charge is 2.24. The van der Waals surface area contributed by atoms with E-state index in [1.165, 1.54) is 22.2 Å². The number of nitrogens with zero attached hydrogens (tertiary/aromatic N) is 3. The van der Waals surface area contributed by atoms with Crippen LogP contribution in [0.4, 0.5) is 5.69 Å². The summed E-state index contributed by atoms with van der Waals surface area (Å²) < 4.78 is 1.67. The van der Waals surface area contributed by atoms with Crippen LogP contribution in [0.25, 0.3) is 10.2 Å². The molecule has 1 aliphatic rings. The molecule has 0 fully saturated rings. The summed E-state index contributed by atoms with van der Waals surface area (Å²) in [7, 11) is 0. The zero-order valence-corrected chi connectivity index (χ0v) is 18.5. The van der Waals surface area contributed by atoms with E-state index in [1.807, 2.05) is 6.92 Å². The molecular weight excluding hydrogens is 416 g/mol. The molecule has 154 valence electrons. The van der Waals surface area contributed by atoms with Crippen LogP contribution in [0, 0.1) is 17.2 Å². The number of rotatable bonds is 5. The quantitative estimate of drug-likeness (QED) is 0.476. The molecule has 1 aromatic carbocycles. The average molecular weight is 439 g/mol. The van der Waals surface area contributed by atoms with Gasteiger partial charge in [0.25, 0.3) is 5.56 Å². The third kappa shape index (κ3) is 4.00. The Labute approximate surface area is 182 Å². The first-order chi connectivity index (χ1) is 14.5. The van der Waals surface area contributed by atoms with Crippen molar-refractivity contribution in [2.45, 2.75) is 44.8 Å². The Morgan fingerprint density at radius 1 is 1.47 bits per heavy atom. The highest BCUT2D eigenvalue weighted by molar-refractivity contribution is 7.99. The van der Waals surface area contributed by atoms with Gasteiger partial charge in [0.2, 0.25) is 5.91 Å². The Balaban J connectivity index is 1.57. The molecule has 0 aliphatic heterocycles. The number of aromatic nitrogens is 2. The lowest BCUT2D eigenvalue weighted by Gasteiger charge is -2.17. The van der Waals surface area contributed by atoms with Crippen molar-refractivity contribution >= 4 is 44.9 Å². The summed E-state index contributed by atoms with van der Waals surface area (Å²) in [4.78, 5) is 32.4. The van der Waals surface area contributed by atoms with Crippen LogP contribution in [0.2, 0.25) is 0 Å². The van der Waals surface area contributed by atoms with Gasteiger partial charge >= 0.3 is 0 Å². The van der Waals surface area contributed by atoms with E-state index in [-0.39, 0.29) is 17.2 Å². The molecule has 1 aliphatic carbocycles. The van der Waals surface area contributed by atoms with Gasteiger partial charge in [-0.3, -0.25) is 14.2 Å². The van der Waals surface area contributed by atoms with Crippen molar-refractivity contribution in [2.24, 2.45) is 5.92 Å². The van der Waals surface area contributed by atoms with Crippen molar-refractivity contribution in [1.82, 2.24) is 9.55 Å². The number of carbonyl (C=O) groups is 1. The average Bonchev–Trinajstić information content (AvgIpc) is 3.10. The van der Waals surface area contributed by atoms with Crippen molar-refractivity contribution in [3.63, 3.8) is 0 Å². The molecule has 0 saturated heterocycles. The maximum Gasteiger partial charge on any atom is 0.263 e. The number of benzene rings is 1. The van der Waals surface area contributed by atoms with Crippen molar-refractivity contribution in [3.05, 3.63) is 50.6 Å². The van der Waals surface area contributed by atoms with Gasteiger partial charge in [0.1, 0.15) is 4.83 Å². The molecule has 2 aromatic heterocycles. The molecule has 1 N–H and O–H groups in total. The Morgan fingerprint density at radius 3 is 3.07 bits per heavy atom. The van der Waals surface area contributed by atoms with E-state index < -0.39 is 0 Å². The molecule has 1 amide bonds. The maximum absolute atomic E-state index is 13.2. The Kier molecular flexibility index (Phi) is 5.93. The molecule has 8 heteroatoms. The summed E-state index contributed by atoms with van der Waals surface area (Å²) in [5.41, 5.74) is 2.25. The van der Waals surface area contributed by atoms with Gasteiger partial charge < -0.3 is 5.32 Å². The van der Waals surface area contributed by atoms with Gasteiger partial charge in [0.05, 0.1) is 22.8 Å². The minimum Gasteiger partial charge on any atom is -0.325 e. The van der Waals surface area contributed by atoms with E-state index in [4.69, 9.17) is 10.2 Å². The van der Waals surface area contributed by atoms with Crippen LogP contribution in [0.15, 0.2) is 34.2 Å². The normalized spacial score (nSPS) is 15.6. The van der Waals surface area contributed by atoms with E-state index in [1.54, 1.807) is 40.2 Å². The standard InChI is InChI=1S/C22H22N4O2S2/c1-3-26-21(28)19-16-8-7-13(2)9-17(16)30-20(19)25-22(26)29-12-18(27)24-15-6-4-5-14(10-15)11-23/h4-6,10,13H,3,7-9,12H2,1-2H3,(H,24,27). The van der Waals surface area contributed by atoms with Gasteiger partial charge in [-0.05, 0) is 55.9 Å². The van der Waals surface area contributed by atoms with E-state index in [0.717, 1.165) is 29.5 Å². The number of hydrogen-bond donors (Lipinski definition) is 1. The van der Waals surface area contributed by atoms with Gasteiger partial charge in [-0.25, -0.2) is 4.98 Å². The van der Waals surface area contributed by atoms with E-state index in [2.05, 4.69) is 18.3 Å². The van der Waals surface area contributed by atoms with Crippen LogP contribution < -0.4 is 10.9 Å². The fourth-order valence-electron chi connectivity index (χ4n) is 3.79. The van der Waals surface area contributed by atoms with Crippen LogP contribution in [0.5, 0.6) is 0 Å². The van der Waals surface area contributed by atoms with Crippen molar-refractivity contribution in [2.75, 3.05) is 11.1 Å². The van der Waals surface area contributed by atoms with Crippen LogP contribution in [-0.4, -0.2) is 21.2 Å². The predicted molar refractivity (Wildman–Crippen MR) is 121 cm³/mol. The van der Waals surface area contributed by atoms with Crippen molar-refractivity contribution in [1.29, 1.82) is 5.26 Å². The first-order valence-corrected chi connectivity index (χ1v) is 11.8. The highest BCUT2D eigenvalue weighted by Crippen LogP contribution is 2.36. The summed E-state index contributed by atoms with van der Waals surface area (Å²) in [6.45, 7) is 4.68. The number of aryl methyl sites for hydroxylation is 1. The van der Waals surface area contributed by atoms with Crippen LogP contribution >= 0.6 is 23.1 Å². The van der Waals surface area contributed by atoms with E-state index in [0.29, 0.717) is 28.9 Å². The summed E-state index contributed by atoms with van der Waals surface area (Å²) in [5.74, 6) is 0.569. The largest absolute Gasteiger partial charge is 0.325 e. The van der Waals surface area contributed by atoms with Gasteiger partial charge in [-0.2, -0.15) is 5.26 Å². The topological polar surface area (TPSA) is 87.8 Å². The fraction of sp³-hybridized carbons (Fsp3) is 0.364. The molecule has 4 rings (SSSR count). The molecule has 1 unspecified atom stereocenters. The Bertz CT molecular complexity index is 1220. The number of anilines is 1. The summed E-state index contributed by atoms with van der Waals surface area (Å²) in [6, 6.07) is 8.84. The van der Waals surface area contributed by atoms with Crippen LogP contribution in [0.3, 0.4) is 0 Å². The molecule has 2 heterocycles. The predicted octanol–water partition coefficient (Wildman–Crippen LogP) is 4.21. The van der Waals surface area contributed by atoms with Crippen molar-refractivity contribution in [3.8, 4) is 6.07 Å². The second-order valence-electron chi connectivity index (χ2n) is 7.51. The summed E-state index contributed by atoms with van der Waals surface area (Å²) in [6.07, 6.45) is 3.05. The number of amides is 1. The second kappa shape index (κ2) is 8.62. The summed E-state index contributed by atoms with van der Waals surface area (Å²) in [5, 5.41) is 13.1. The van der Waals surface area contributed by atoms with E-state index >= 15 is 0 Å². The van der Waals surface area contributed by atoms with Gasteiger partial charge in [0, 0.05) is 17.1 Å². The Hall–Kier alpha value is -2.63. The first-order valence-electron chi connectivity index (χ1n) is 9.98. The first kappa shape index (κ1) is 20.6. The minimum atomic E-state index is -0.202. The zero-order chi connectivity index (χ0) is 21.3. The maximum atomic E-state index is 13.2. The number of nitrogens with one attached hydrogen (secondary N) is 1. The SMILES string of the molecule is CCn1c(SCC(=O)Nc2cccc(C#N)c2)nc2sc3c(c2c1=O)CCC(C)C3. The molecular formula is C22H22N4O2S2. The zero-order valence-electron chi connectivity index (χ0n) is 16.9. The smallest absolute Gasteiger partial charge is 0.263 e. The molecule has 0 spiro atoms. The molecule has 0 bridgehead atoms. The van der Waals surface area contributed by atoms with Crippen molar-refractivity contribution < 1.29 is 4.79 Å². The molecule has 0 saturated carbocycles. The van der Waals surface area contributed by atoms with E-state index in [9.17, 15) is 9.59 Å². The number of fused-ring (bicyclic) bond motifs is 3. The third-order valence-corrected chi connectivity index (χ3v) is 7.43. The second-order valence-corrected chi connectivity index (χ2v) is 9.53. The molecule has 0 radical (unpaired) electrons. The number of hydrogen-bond acceptors (Lipinski definition) is 6. The molecule has 1 atom stereocenters. The highest BCUT2D eigenvalue weighted by atomic mass is 32.2. The number of nitriles is 1. The fourth-order valence-corrected chi connectivity index (χ4v) is 6.07. The number of carbonyl (C=O) groups excluding carboxylic acids is 1. The molecule has 3 aromatic rings. The lowest BCUT2D eigenvalue weighted by Crippen LogP contribution is -2.24. The lowest BCUT2D eigenvalue weighted by molar-refractivity contribution is -0.113.